The van der Waals surface area contributed by atoms with E-state index in [0.29, 0.717) is 12.3 Å². The van der Waals surface area contributed by atoms with Crippen molar-refractivity contribution in [3.63, 3.8) is 0 Å². The molecule has 1 aromatic carbocycles. The molecule has 2 aromatic heterocycles. The second kappa shape index (κ2) is 5.51. The van der Waals surface area contributed by atoms with Crippen molar-refractivity contribution < 1.29 is 8.91 Å². The molecule has 2 heterocycles. The minimum atomic E-state index is -0.557. The van der Waals surface area contributed by atoms with Gasteiger partial charge in [-0.05, 0) is 37.0 Å². The molecule has 4 rings (SSSR count). The standard InChI is InChI=1S/C17H15FN4O3/c1-22-9-12(14(23)20-16(22)24)13-19-15(25-21-13)17(6-7-17)8-10-2-4-11(18)5-3-10/h2-5,9H,6-8H2,1H3,(H,20,23,24). The zero-order chi connectivity index (χ0) is 17.6. The average Bonchev–Trinajstić information content (AvgIpc) is 3.19. The predicted octanol–water partition coefficient (Wildman–Crippen LogP) is 1.54. The van der Waals surface area contributed by atoms with Crippen molar-refractivity contribution >= 4 is 0 Å². The van der Waals surface area contributed by atoms with Crippen LogP contribution < -0.4 is 11.2 Å². The van der Waals surface area contributed by atoms with E-state index in [1.807, 2.05) is 0 Å². The predicted molar refractivity (Wildman–Crippen MR) is 86.6 cm³/mol. The lowest BCUT2D eigenvalue weighted by Gasteiger charge is -2.09. The molecule has 0 amide bonds. The Labute approximate surface area is 141 Å². The van der Waals surface area contributed by atoms with E-state index in [1.165, 1.54) is 29.9 Å². The molecule has 0 aliphatic heterocycles. The van der Waals surface area contributed by atoms with Gasteiger partial charge >= 0.3 is 5.69 Å². The summed E-state index contributed by atoms with van der Waals surface area (Å²) in [7, 11) is 1.53. The maximum atomic E-state index is 13.1. The first kappa shape index (κ1) is 15.5. The zero-order valence-corrected chi connectivity index (χ0v) is 13.5. The van der Waals surface area contributed by atoms with E-state index >= 15 is 0 Å². The van der Waals surface area contributed by atoms with E-state index in [9.17, 15) is 14.0 Å². The van der Waals surface area contributed by atoms with Crippen LogP contribution in [0.3, 0.4) is 0 Å². The molecule has 0 unspecified atom stereocenters. The van der Waals surface area contributed by atoms with Gasteiger partial charge in [0.25, 0.3) is 5.56 Å². The quantitative estimate of drug-likeness (QED) is 0.776. The van der Waals surface area contributed by atoms with Crippen LogP contribution in [0.2, 0.25) is 0 Å². The maximum absolute atomic E-state index is 13.1. The normalized spacial score (nSPS) is 15.3. The van der Waals surface area contributed by atoms with Crippen LogP contribution in [0.1, 0.15) is 24.3 Å². The number of hydrogen-bond donors (Lipinski definition) is 1. The van der Waals surface area contributed by atoms with Gasteiger partial charge in [0.05, 0.1) is 5.41 Å². The lowest BCUT2D eigenvalue weighted by atomic mass is 9.96. The molecule has 0 atom stereocenters. The van der Waals surface area contributed by atoms with Gasteiger partial charge in [0.15, 0.2) is 0 Å². The lowest BCUT2D eigenvalue weighted by molar-refractivity contribution is 0.344. The number of nitrogens with one attached hydrogen (secondary N) is 1. The smallest absolute Gasteiger partial charge is 0.328 e. The maximum Gasteiger partial charge on any atom is 0.328 e. The topological polar surface area (TPSA) is 93.8 Å². The average molecular weight is 342 g/mol. The van der Waals surface area contributed by atoms with Crippen LogP contribution in [0.5, 0.6) is 0 Å². The van der Waals surface area contributed by atoms with Crippen LogP contribution in [-0.4, -0.2) is 19.7 Å². The number of aromatic amines is 1. The van der Waals surface area contributed by atoms with Crippen molar-refractivity contribution in [2.24, 2.45) is 7.05 Å². The van der Waals surface area contributed by atoms with Gasteiger partial charge in [0.2, 0.25) is 11.7 Å². The van der Waals surface area contributed by atoms with Crippen molar-refractivity contribution in [1.82, 2.24) is 19.7 Å². The number of hydrogen-bond acceptors (Lipinski definition) is 5. The van der Waals surface area contributed by atoms with Crippen molar-refractivity contribution in [2.75, 3.05) is 0 Å². The molecule has 1 fully saturated rings. The number of halogens is 1. The highest BCUT2D eigenvalue weighted by molar-refractivity contribution is 5.51. The van der Waals surface area contributed by atoms with E-state index in [4.69, 9.17) is 4.52 Å². The Morgan fingerprint density at radius 2 is 2.00 bits per heavy atom. The third-order valence-corrected chi connectivity index (χ3v) is 4.54. The fourth-order valence-electron chi connectivity index (χ4n) is 2.88. The van der Waals surface area contributed by atoms with Gasteiger partial charge in [-0.2, -0.15) is 4.98 Å². The Morgan fingerprint density at radius 1 is 1.28 bits per heavy atom. The Hall–Kier alpha value is -3.03. The zero-order valence-electron chi connectivity index (χ0n) is 13.5. The molecule has 7 nitrogen and oxygen atoms in total. The first-order valence-electron chi connectivity index (χ1n) is 7.86. The Kier molecular flexibility index (Phi) is 3.41. The number of aromatic nitrogens is 4. The first-order chi connectivity index (χ1) is 12.0. The SMILES string of the molecule is Cn1cc(-c2noc(C3(Cc4ccc(F)cc4)CC3)n2)c(=O)[nH]c1=O. The Morgan fingerprint density at radius 3 is 2.68 bits per heavy atom. The molecule has 25 heavy (non-hydrogen) atoms. The summed E-state index contributed by atoms with van der Waals surface area (Å²) < 4.78 is 19.7. The summed E-state index contributed by atoms with van der Waals surface area (Å²) in [5.74, 6) is 0.333. The minimum absolute atomic E-state index is 0.150. The van der Waals surface area contributed by atoms with Crippen molar-refractivity contribution in [3.05, 3.63) is 68.6 Å². The third kappa shape index (κ3) is 2.79. The number of rotatable bonds is 4. The summed E-state index contributed by atoms with van der Waals surface area (Å²) in [6.07, 6.45) is 3.82. The molecule has 0 spiro atoms. The van der Waals surface area contributed by atoms with Crippen LogP contribution >= 0.6 is 0 Å². The number of benzene rings is 1. The van der Waals surface area contributed by atoms with E-state index in [0.717, 1.165) is 18.4 Å². The fraction of sp³-hybridized carbons (Fsp3) is 0.294. The molecule has 1 N–H and O–H groups in total. The highest BCUT2D eigenvalue weighted by Crippen LogP contribution is 2.50. The van der Waals surface area contributed by atoms with E-state index in [1.54, 1.807) is 12.1 Å². The van der Waals surface area contributed by atoms with Gasteiger partial charge in [-0.25, -0.2) is 9.18 Å². The molecular formula is C17H15FN4O3. The molecule has 0 radical (unpaired) electrons. The Balaban J connectivity index is 1.65. The molecule has 0 saturated heterocycles. The lowest BCUT2D eigenvalue weighted by Crippen LogP contribution is -2.28. The van der Waals surface area contributed by atoms with Crippen molar-refractivity contribution in [3.8, 4) is 11.4 Å². The van der Waals surface area contributed by atoms with Crippen LogP contribution in [-0.2, 0) is 18.9 Å². The molecule has 8 heteroatoms. The molecular weight excluding hydrogens is 327 g/mol. The molecule has 1 aliphatic rings. The number of nitrogens with zero attached hydrogens (tertiary/aromatic N) is 3. The Bertz CT molecular complexity index is 1040. The highest BCUT2D eigenvalue weighted by Gasteiger charge is 2.49. The van der Waals surface area contributed by atoms with E-state index in [-0.39, 0.29) is 22.6 Å². The summed E-state index contributed by atoms with van der Waals surface area (Å²) in [4.78, 5) is 30.0. The fourth-order valence-corrected chi connectivity index (χ4v) is 2.88. The molecule has 1 saturated carbocycles. The van der Waals surface area contributed by atoms with Gasteiger partial charge < -0.3 is 9.09 Å². The summed E-state index contributed by atoms with van der Waals surface area (Å²) in [6.45, 7) is 0. The second-order valence-electron chi connectivity index (χ2n) is 6.42. The summed E-state index contributed by atoms with van der Waals surface area (Å²) >= 11 is 0. The first-order valence-corrected chi connectivity index (χ1v) is 7.86. The highest BCUT2D eigenvalue weighted by atomic mass is 19.1. The van der Waals surface area contributed by atoms with Crippen LogP contribution in [0, 0.1) is 5.82 Å². The number of aryl methyl sites for hydroxylation is 1. The van der Waals surface area contributed by atoms with Crippen LogP contribution in [0.25, 0.3) is 11.4 Å². The van der Waals surface area contributed by atoms with Gasteiger partial charge in [-0.3, -0.25) is 9.78 Å². The second-order valence-corrected chi connectivity index (χ2v) is 6.42. The third-order valence-electron chi connectivity index (χ3n) is 4.54. The van der Waals surface area contributed by atoms with Gasteiger partial charge in [0.1, 0.15) is 11.4 Å². The largest absolute Gasteiger partial charge is 0.338 e. The summed E-state index contributed by atoms with van der Waals surface area (Å²) in [6, 6.07) is 6.33. The van der Waals surface area contributed by atoms with Crippen LogP contribution in [0.15, 0.2) is 44.6 Å². The summed E-state index contributed by atoms with van der Waals surface area (Å²) in [5, 5.41) is 3.90. The van der Waals surface area contributed by atoms with Crippen molar-refractivity contribution in [2.45, 2.75) is 24.7 Å². The molecule has 0 bridgehead atoms. The summed E-state index contributed by atoms with van der Waals surface area (Å²) in [5.41, 5.74) is -0.171. The van der Waals surface area contributed by atoms with Crippen LogP contribution in [0.4, 0.5) is 4.39 Å². The number of H-pyrrole nitrogens is 1. The van der Waals surface area contributed by atoms with Crippen molar-refractivity contribution in [1.29, 1.82) is 0 Å². The molecule has 1 aliphatic carbocycles. The van der Waals surface area contributed by atoms with E-state index in [2.05, 4.69) is 15.1 Å². The van der Waals surface area contributed by atoms with E-state index < -0.39 is 11.2 Å². The van der Waals surface area contributed by atoms with Gasteiger partial charge in [0, 0.05) is 13.2 Å². The minimum Gasteiger partial charge on any atom is -0.338 e. The van der Waals surface area contributed by atoms with Gasteiger partial charge in [-0.1, -0.05) is 17.3 Å². The van der Waals surface area contributed by atoms with Gasteiger partial charge in [-0.15, -0.1) is 0 Å². The molecule has 3 aromatic rings. The monoisotopic (exact) mass is 342 g/mol. The molecule has 128 valence electrons.